The summed E-state index contributed by atoms with van der Waals surface area (Å²) in [5.41, 5.74) is 4.89. The Morgan fingerprint density at radius 2 is 1.97 bits per heavy atom. The molecule has 0 bridgehead atoms. The van der Waals surface area contributed by atoms with Crippen molar-refractivity contribution >= 4 is 28.4 Å². The first-order chi connectivity index (χ1) is 14.9. The van der Waals surface area contributed by atoms with Crippen LogP contribution in [0.5, 0.6) is 0 Å². The maximum atomic E-state index is 12.9. The van der Waals surface area contributed by atoms with Gasteiger partial charge in [0.1, 0.15) is 6.04 Å². The first-order valence-electron chi connectivity index (χ1n) is 10.4. The van der Waals surface area contributed by atoms with Gasteiger partial charge in [-0.05, 0) is 34.7 Å². The summed E-state index contributed by atoms with van der Waals surface area (Å²) < 4.78 is 2.12. The van der Waals surface area contributed by atoms with E-state index < -0.39 is 6.04 Å². The molecule has 0 radical (unpaired) electrons. The van der Waals surface area contributed by atoms with Crippen molar-refractivity contribution in [3.8, 4) is 0 Å². The SMILES string of the molecule is CN(Cc1cc2ccccc2n1C)C(=O)Cc1ccc2c(c1)CN(C)C(=O)[C@@H](CO)N2. The molecule has 1 aliphatic heterocycles. The molecular weight excluding hydrogens is 392 g/mol. The van der Waals surface area contributed by atoms with Crippen molar-refractivity contribution in [1.82, 2.24) is 14.4 Å². The number of hydrogen-bond donors (Lipinski definition) is 2. The van der Waals surface area contributed by atoms with Crippen LogP contribution in [0.1, 0.15) is 16.8 Å². The number of para-hydroxylation sites is 1. The lowest BCUT2D eigenvalue weighted by Crippen LogP contribution is -2.40. The zero-order valence-electron chi connectivity index (χ0n) is 18.1. The molecule has 7 heteroatoms. The molecule has 0 aliphatic carbocycles. The first-order valence-corrected chi connectivity index (χ1v) is 10.4. The average molecular weight is 421 g/mol. The number of aliphatic hydroxyl groups excluding tert-OH is 1. The summed E-state index contributed by atoms with van der Waals surface area (Å²) in [4.78, 5) is 28.5. The Hall–Kier alpha value is -3.32. The lowest BCUT2D eigenvalue weighted by Gasteiger charge is -2.19. The smallest absolute Gasteiger partial charge is 0.247 e. The zero-order valence-corrected chi connectivity index (χ0v) is 18.1. The van der Waals surface area contributed by atoms with Gasteiger partial charge in [-0.3, -0.25) is 9.59 Å². The van der Waals surface area contributed by atoms with Crippen LogP contribution in [0.2, 0.25) is 0 Å². The second-order valence-corrected chi connectivity index (χ2v) is 8.25. The van der Waals surface area contributed by atoms with Gasteiger partial charge in [0.15, 0.2) is 0 Å². The molecule has 162 valence electrons. The fourth-order valence-electron chi connectivity index (χ4n) is 4.14. The monoisotopic (exact) mass is 420 g/mol. The number of nitrogens with one attached hydrogen (secondary N) is 1. The predicted octanol–water partition coefficient (Wildman–Crippen LogP) is 2.12. The summed E-state index contributed by atoms with van der Waals surface area (Å²) in [5.74, 6) is -0.115. The van der Waals surface area contributed by atoms with Crippen LogP contribution >= 0.6 is 0 Å². The molecule has 2 aromatic carbocycles. The third kappa shape index (κ3) is 4.14. The van der Waals surface area contributed by atoms with E-state index in [-0.39, 0.29) is 24.8 Å². The molecule has 0 fully saturated rings. The van der Waals surface area contributed by atoms with E-state index in [1.54, 1.807) is 16.8 Å². The summed E-state index contributed by atoms with van der Waals surface area (Å²) in [6, 6.07) is 15.4. The highest BCUT2D eigenvalue weighted by molar-refractivity contribution is 5.86. The third-order valence-corrected chi connectivity index (χ3v) is 6.00. The molecule has 2 amide bonds. The van der Waals surface area contributed by atoms with Crippen LogP contribution in [-0.4, -0.2) is 58.0 Å². The van der Waals surface area contributed by atoms with Gasteiger partial charge in [-0.2, -0.15) is 0 Å². The standard InChI is InChI=1S/C24H28N4O3/c1-26(14-19-12-17-6-4-5-7-22(17)28(19)3)23(30)11-16-8-9-20-18(10-16)13-27(2)24(31)21(15-29)25-20/h4-10,12,21,25,29H,11,13-15H2,1-3H3/t21-/m1/s1. The topological polar surface area (TPSA) is 77.8 Å². The zero-order chi connectivity index (χ0) is 22.1. The first kappa shape index (κ1) is 20.9. The molecule has 0 spiro atoms. The number of amides is 2. The molecule has 0 unspecified atom stereocenters. The van der Waals surface area contributed by atoms with Crippen molar-refractivity contribution in [2.75, 3.05) is 26.0 Å². The molecular formula is C24H28N4O3. The Balaban J connectivity index is 1.48. The number of benzene rings is 2. The predicted molar refractivity (Wildman–Crippen MR) is 121 cm³/mol. The molecule has 2 heterocycles. The number of carbonyl (C=O) groups is 2. The van der Waals surface area contributed by atoms with E-state index in [2.05, 4.69) is 28.1 Å². The summed E-state index contributed by atoms with van der Waals surface area (Å²) in [7, 11) is 5.56. The van der Waals surface area contributed by atoms with E-state index in [1.165, 1.54) is 5.39 Å². The maximum absolute atomic E-state index is 12.9. The van der Waals surface area contributed by atoms with Gasteiger partial charge in [0.25, 0.3) is 0 Å². The number of fused-ring (bicyclic) bond motifs is 2. The number of hydrogen-bond acceptors (Lipinski definition) is 4. The van der Waals surface area contributed by atoms with Crippen molar-refractivity contribution in [2.45, 2.75) is 25.6 Å². The van der Waals surface area contributed by atoms with Crippen molar-refractivity contribution < 1.29 is 14.7 Å². The minimum atomic E-state index is -0.648. The number of rotatable bonds is 5. The van der Waals surface area contributed by atoms with E-state index in [4.69, 9.17) is 0 Å². The van der Waals surface area contributed by atoms with E-state index in [1.807, 2.05) is 44.4 Å². The van der Waals surface area contributed by atoms with Crippen molar-refractivity contribution in [3.05, 3.63) is 65.4 Å². The summed E-state index contributed by atoms with van der Waals surface area (Å²) >= 11 is 0. The van der Waals surface area contributed by atoms with Crippen LogP contribution in [0.25, 0.3) is 10.9 Å². The lowest BCUT2D eigenvalue weighted by molar-refractivity contribution is -0.132. The number of likely N-dealkylation sites (N-methyl/N-ethyl adjacent to an activating group) is 2. The molecule has 1 atom stereocenters. The van der Waals surface area contributed by atoms with Crippen LogP contribution in [0.15, 0.2) is 48.5 Å². The Labute approximate surface area is 181 Å². The number of anilines is 1. The molecule has 1 aliphatic rings. The fraction of sp³-hybridized carbons (Fsp3) is 0.333. The number of aromatic nitrogens is 1. The Bertz CT molecular complexity index is 1140. The number of aryl methyl sites for hydroxylation is 1. The molecule has 31 heavy (non-hydrogen) atoms. The highest BCUT2D eigenvalue weighted by Gasteiger charge is 2.26. The van der Waals surface area contributed by atoms with Crippen LogP contribution in [0.3, 0.4) is 0 Å². The molecule has 7 nitrogen and oxygen atoms in total. The maximum Gasteiger partial charge on any atom is 0.247 e. The highest BCUT2D eigenvalue weighted by atomic mass is 16.3. The highest BCUT2D eigenvalue weighted by Crippen LogP contribution is 2.24. The summed E-state index contributed by atoms with van der Waals surface area (Å²) in [6.45, 7) is 0.708. The van der Waals surface area contributed by atoms with Gasteiger partial charge in [-0.25, -0.2) is 0 Å². The third-order valence-electron chi connectivity index (χ3n) is 6.00. The molecule has 0 saturated heterocycles. The van der Waals surface area contributed by atoms with Gasteiger partial charge < -0.3 is 24.8 Å². The minimum Gasteiger partial charge on any atom is -0.394 e. The van der Waals surface area contributed by atoms with Crippen molar-refractivity contribution in [2.24, 2.45) is 7.05 Å². The van der Waals surface area contributed by atoms with E-state index in [0.29, 0.717) is 13.1 Å². The van der Waals surface area contributed by atoms with Gasteiger partial charge in [-0.15, -0.1) is 0 Å². The Kier molecular flexibility index (Phi) is 5.69. The number of aliphatic hydroxyl groups is 1. The normalized spacial score (nSPS) is 16.1. The molecule has 4 rings (SSSR count). The Morgan fingerprint density at radius 1 is 1.19 bits per heavy atom. The van der Waals surface area contributed by atoms with Crippen molar-refractivity contribution in [3.63, 3.8) is 0 Å². The average Bonchev–Trinajstić information content (AvgIpc) is 3.01. The number of carbonyl (C=O) groups excluding carboxylic acids is 2. The van der Waals surface area contributed by atoms with Gasteiger partial charge in [0.2, 0.25) is 11.8 Å². The van der Waals surface area contributed by atoms with Gasteiger partial charge in [0.05, 0.1) is 19.6 Å². The van der Waals surface area contributed by atoms with E-state index in [0.717, 1.165) is 28.0 Å². The van der Waals surface area contributed by atoms with E-state index in [9.17, 15) is 14.7 Å². The second kappa shape index (κ2) is 8.43. The van der Waals surface area contributed by atoms with Crippen LogP contribution in [0, 0.1) is 0 Å². The summed E-state index contributed by atoms with van der Waals surface area (Å²) in [6.07, 6.45) is 0.287. The Morgan fingerprint density at radius 3 is 2.71 bits per heavy atom. The fourth-order valence-corrected chi connectivity index (χ4v) is 4.14. The minimum absolute atomic E-state index is 0.0319. The van der Waals surface area contributed by atoms with Crippen molar-refractivity contribution in [1.29, 1.82) is 0 Å². The molecule has 2 N–H and O–H groups in total. The molecule has 1 aromatic heterocycles. The van der Waals surface area contributed by atoms with Crippen LogP contribution in [0.4, 0.5) is 5.69 Å². The lowest BCUT2D eigenvalue weighted by atomic mass is 10.0. The van der Waals surface area contributed by atoms with Crippen LogP contribution in [-0.2, 0) is 36.1 Å². The van der Waals surface area contributed by atoms with E-state index >= 15 is 0 Å². The van der Waals surface area contributed by atoms with Gasteiger partial charge >= 0.3 is 0 Å². The van der Waals surface area contributed by atoms with Crippen LogP contribution < -0.4 is 5.32 Å². The summed E-state index contributed by atoms with van der Waals surface area (Å²) in [5, 5.41) is 13.8. The molecule has 3 aromatic rings. The second-order valence-electron chi connectivity index (χ2n) is 8.25. The van der Waals surface area contributed by atoms with Gasteiger partial charge in [0, 0.05) is 44.6 Å². The van der Waals surface area contributed by atoms with Gasteiger partial charge in [-0.1, -0.05) is 30.3 Å². The molecule has 0 saturated carbocycles. The quantitative estimate of drug-likeness (QED) is 0.663. The number of nitrogens with zero attached hydrogens (tertiary/aromatic N) is 3. The largest absolute Gasteiger partial charge is 0.394 e.